The quantitative estimate of drug-likeness (QED) is 0.317. The minimum atomic E-state index is -0.125. The Morgan fingerprint density at radius 1 is 0.471 bits per heavy atom. The molecule has 4 aromatic rings. The minimum absolute atomic E-state index is 0.125. The number of ketones is 1. The van der Waals surface area contributed by atoms with Crippen LogP contribution in [-0.4, -0.2) is 5.78 Å². The molecule has 1 saturated carbocycles. The second-order valence-electron chi connectivity index (χ2n) is 9.13. The monoisotopic (exact) mass is 438 g/mol. The Morgan fingerprint density at radius 2 is 0.853 bits per heavy atom. The zero-order valence-corrected chi connectivity index (χ0v) is 19.0. The third-order valence-electron chi connectivity index (χ3n) is 7.22. The first-order valence-electron chi connectivity index (χ1n) is 12.1. The van der Waals surface area contributed by atoms with Gasteiger partial charge in [0, 0.05) is 6.42 Å². The van der Waals surface area contributed by atoms with Crippen LogP contribution in [0.2, 0.25) is 0 Å². The lowest BCUT2D eigenvalue weighted by Crippen LogP contribution is -2.24. The molecule has 0 amide bonds. The van der Waals surface area contributed by atoms with Crippen LogP contribution in [0.3, 0.4) is 0 Å². The number of benzene rings is 4. The largest absolute Gasteiger partial charge is 0.299 e. The summed E-state index contributed by atoms with van der Waals surface area (Å²) in [6.07, 6.45) is 1.52. The molecule has 0 heterocycles. The summed E-state index contributed by atoms with van der Waals surface area (Å²) in [7, 11) is 0. The van der Waals surface area contributed by atoms with Gasteiger partial charge >= 0.3 is 0 Å². The van der Waals surface area contributed by atoms with Crippen LogP contribution in [0.5, 0.6) is 0 Å². The van der Waals surface area contributed by atoms with Crippen molar-refractivity contribution in [2.75, 3.05) is 0 Å². The maximum Gasteiger partial charge on any atom is 0.141 e. The molecule has 0 N–H and O–H groups in total. The highest BCUT2D eigenvalue weighted by Gasteiger charge is 2.45. The Labute approximate surface area is 201 Å². The van der Waals surface area contributed by atoms with Crippen molar-refractivity contribution in [1.29, 1.82) is 0 Å². The predicted octanol–water partition coefficient (Wildman–Crippen LogP) is 7.82. The first kappa shape index (κ1) is 20.6. The topological polar surface area (TPSA) is 17.1 Å². The summed E-state index contributed by atoms with van der Waals surface area (Å²) in [6.45, 7) is 0. The highest BCUT2D eigenvalue weighted by molar-refractivity contribution is 6.27. The van der Waals surface area contributed by atoms with Crippen LogP contribution in [0.25, 0.3) is 22.3 Å². The van der Waals surface area contributed by atoms with Crippen molar-refractivity contribution < 1.29 is 4.79 Å². The lowest BCUT2D eigenvalue weighted by Gasteiger charge is -2.36. The van der Waals surface area contributed by atoms with Gasteiger partial charge in [-0.05, 0) is 56.9 Å². The lowest BCUT2D eigenvalue weighted by atomic mass is 9.66. The molecular weight excluding hydrogens is 412 g/mol. The first-order chi connectivity index (χ1) is 16.8. The number of hydrogen-bond acceptors (Lipinski definition) is 1. The molecule has 2 unspecified atom stereocenters. The van der Waals surface area contributed by atoms with Crippen LogP contribution in [0.4, 0.5) is 0 Å². The van der Waals surface area contributed by atoms with Gasteiger partial charge in [-0.1, -0.05) is 121 Å². The molecule has 2 aliphatic rings. The molecule has 1 heteroatoms. The van der Waals surface area contributed by atoms with E-state index in [0.717, 1.165) is 17.5 Å². The molecule has 164 valence electrons. The molecule has 0 aliphatic heterocycles. The highest BCUT2D eigenvalue weighted by Crippen LogP contribution is 2.57. The van der Waals surface area contributed by atoms with Crippen molar-refractivity contribution in [3.8, 4) is 0 Å². The van der Waals surface area contributed by atoms with Crippen LogP contribution >= 0.6 is 0 Å². The summed E-state index contributed by atoms with van der Waals surface area (Å²) < 4.78 is 0. The Balaban J connectivity index is 1.78. The van der Waals surface area contributed by atoms with Gasteiger partial charge < -0.3 is 0 Å². The normalized spacial score (nSPS) is 19.9. The van der Waals surface area contributed by atoms with Crippen molar-refractivity contribution in [1.82, 2.24) is 0 Å². The summed E-state index contributed by atoms with van der Waals surface area (Å²) in [5, 5.41) is 0. The van der Waals surface area contributed by atoms with Gasteiger partial charge in [-0.25, -0.2) is 0 Å². The molecule has 34 heavy (non-hydrogen) atoms. The fraction of sp³-hybridized carbons (Fsp3) is 0.121. The predicted molar refractivity (Wildman–Crippen MR) is 141 cm³/mol. The zero-order chi connectivity index (χ0) is 22.9. The van der Waals surface area contributed by atoms with E-state index in [1.54, 1.807) is 0 Å². The molecule has 0 aromatic heterocycles. The van der Waals surface area contributed by atoms with Gasteiger partial charge in [0.05, 0.1) is 5.92 Å². The van der Waals surface area contributed by atoms with Crippen molar-refractivity contribution in [2.24, 2.45) is 11.8 Å². The third-order valence-corrected chi connectivity index (χ3v) is 7.22. The maximum atomic E-state index is 13.5. The van der Waals surface area contributed by atoms with Crippen LogP contribution in [0, 0.1) is 11.8 Å². The number of carbonyl (C=O) groups excluding carboxylic acids is 1. The van der Waals surface area contributed by atoms with Gasteiger partial charge in [-0.2, -0.15) is 0 Å². The van der Waals surface area contributed by atoms with E-state index < -0.39 is 0 Å². The fourth-order valence-corrected chi connectivity index (χ4v) is 5.85. The molecule has 1 nitrogen and oxygen atoms in total. The van der Waals surface area contributed by atoms with Crippen molar-refractivity contribution in [3.63, 3.8) is 0 Å². The lowest BCUT2D eigenvalue weighted by molar-refractivity contribution is -0.119. The van der Waals surface area contributed by atoms with E-state index in [2.05, 4.69) is 115 Å². The molecule has 2 atom stereocenters. The zero-order valence-electron chi connectivity index (χ0n) is 19.0. The molecule has 6 rings (SSSR count). The Hall–Kier alpha value is -3.97. The maximum absolute atomic E-state index is 13.5. The Kier molecular flexibility index (Phi) is 5.31. The smallest absolute Gasteiger partial charge is 0.141 e. The van der Waals surface area contributed by atoms with E-state index in [0.29, 0.717) is 12.2 Å². The third kappa shape index (κ3) is 3.45. The number of carbonyl (C=O) groups is 1. The van der Waals surface area contributed by atoms with Gasteiger partial charge in [0.2, 0.25) is 0 Å². The molecule has 1 fully saturated rings. The average Bonchev–Trinajstić information content (AvgIpc) is 3.30. The average molecular weight is 439 g/mol. The molecule has 2 aliphatic carbocycles. The van der Waals surface area contributed by atoms with E-state index in [4.69, 9.17) is 0 Å². The van der Waals surface area contributed by atoms with Crippen LogP contribution in [0.1, 0.15) is 35.1 Å². The Morgan fingerprint density at radius 3 is 1.32 bits per heavy atom. The van der Waals surface area contributed by atoms with Crippen molar-refractivity contribution in [3.05, 3.63) is 144 Å². The van der Waals surface area contributed by atoms with E-state index in [9.17, 15) is 4.79 Å². The van der Waals surface area contributed by atoms with Gasteiger partial charge in [-0.15, -0.1) is 0 Å². The number of hydrogen-bond donors (Lipinski definition) is 0. The molecule has 4 aromatic carbocycles. The van der Waals surface area contributed by atoms with Gasteiger partial charge in [0.25, 0.3) is 0 Å². The van der Waals surface area contributed by atoms with E-state index >= 15 is 0 Å². The second-order valence-corrected chi connectivity index (χ2v) is 9.13. The molecule has 0 spiro atoms. The Bertz CT molecular complexity index is 1380. The van der Waals surface area contributed by atoms with E-state index in [1.807, 2.05) is 6.07 Å². The molecular formula is C33H26O. The summed E-state index contributed by atoms with van der Waals surface area (Å²) in [4.78, 5) is 13.5. The second kappa shape index (κ2) is 8.76. The summed E-state index contributed by atoms with van der Waals surface area (Å²) in [5.74, 6) is 0.408. The number of fused-ring (bicyclic) bond motifs is 1. The summed E-state index contributed by atoms with van der Waals surface area (Å²) in [5.41, 5.74) is 9.65. The number of rotatable bonds is 4. The minimum Gasteiger partial charge on any atom is -0.299 e. The van der Waals surface area contributed by atoms with Gasteiger partial charge in [-0.3, -0.25) is 4.79 Å². The molecule has 0 radical (unpaired) electrons. The van der Waals surface area contributed by atoms with Crippen LogP contribution in [0.15, 0.2) is 121 Å². The van der Waals surface area contributed by atoms with Gasteiger partial charge in [0.15, 0.2) is 0 Å². The standard InChI is InChI=1S/C33H26O/c34-28-22-21-27-29(23-13-5-1-6-14-23)30(24-15-7-2-8-16-24)31(25-17-9-3-10-18-25)32(33(27)28)26-19-11-4-12-20-26/h1-20,27,33H,21-22H2. The van der Waals surface area contributed by atoms with Crippen LogP contribution < -0.4 is 0 Å². The number of allylic oxidation sites excluding steroid dienone is 4. The summed E-state index contributed by atoms with van der Waals surface area (Å²) >= 11 is 0. The highest BCUT2D eigenvalue weighted by atomic mass is 16.1. The SMILES string of the molecule is O=C1CCC2C(c3ccccc3)=C(c3ccccc3)C(c3ccccc3)=C(c3ccccc3)C12. The van der Waals surface area contributed by atoms with Gasteiger partial charge in [0.1, 0.15) is 5.78 Å². The van der Waals surface area contributed by atoms with E-state index in [1.165, 1.54) is 33.4 Å². The van der Waals surface area contributed by atoms with Crippen LogP contribution in [-0.2, 0) is 4.79 Å². The van der Waals surface area contributed by atoms with Crippen molar-refractivity contribution >= 4 is 28.1 Å². The van der Waals surface area contributed by atoms with Crippen molar-refractivity contribution in [2.45, 2.75) is 12.8 Å². The fourth-order valence-electron chi connectivity index (χ4n) is 5.85. The molecule has 0 saturated heterocycles. The number of Topliss-reactive ketones (excluding diaryl/α,β-unsaturated/α-hetero) is 1. The molecule has 0 bridgehead atoms. The summed E-state index contributed by atoms with van der Waals surface area (Å²) in [6, 6.07) is 42.6. The first-order valence-corrected chi connectivity index (χ1v) is 12.1. The van der Waals surface area contributed by atoms with E-state index in [-0.39, 0.29) is 11.8 Å².